The van der Waals surface area contributed by atoms with Gasteiger partial charge in [-0.25, -0.2) is 0 Å². The number of benzene rings is 1. The van der Waals surface area contributed by atoms with Crippen LogP contribution in [0, 0.1) is 31.1 Å². The third-order valence-electron chi connectivity index (χ3n) is 4.67. The summed E-state index contributed by atoms with van der Waals surface area (Å²) in [5.74, 6) is 0.578. The third-order valence-corrected chi connectivity index (χ3v) is 4.67. The first-order chi connectivity index (χ1) is 11.6. The summed E-state index contributed by atoms with van der Waals surface area (Å²) in [6.07, 6.45) is 1.98. The lowest BCUT2D eigenvalue weighted by Gasteiger charge is -2.32. The molecule has 24 heavy (non-hydrogen) atoms. The molecule has 0 N–H and O–H groups in total. The Kier molecular flexibility index (Phi) is 4.66. The number of rotatable bonds is 3. The Labute approximate surface area is 142 Å². The van der Waals surface area contributed by atoms with Crippen molar-refractivity contribution in [1.29, 1.82) is 5.26 Å². The number of nitriles is 1. The molecule has 3 rings (SSSR count). The molecule has 1 aliphatic rings. The van der Waals surface area contributed by atoms with Gasteiger partial charge in [-0.2, -0.15) is 10.4 Å². The van der Waals surface area contributed by atoms with Crippen molar-refractivity contribution in [3.05, 3.63) is 52.8 Å². The minimum atomic E-state index is 0.0247. The molecule has 1 amide bonds. The minimum Gasteiger partial charge on any atom is -0.339 e. The molecule has 5 heteroatoms. The highest BCUT2D eigenvalue weighted by Gasteiger charge is 2.24. The smallest absolute Gasteiger partial charge is 0.253 e. The second kappa shape index (κ2) is 6.88. The van der Waals surface area contributed by atoms with Gasteiger partial charge in [-0.3, -0.25) is 9.48 Å². The Balaban J connectivity index is 1.59. The molecule has 0 saturated carbocycles. The van der Waals surface area contributed by atoms with Crippen LogP contribution in [0.25, 0.3) is 0 Å². The van der Waals surface area contributed by atoms with Gasteiger partial charge in [-0.15, -0.1) is 0 Å². The first kappa shape index (κ1) is 16.3. The fourth-order valence-corrected chi connectivity index (χ4v) is 3.33. The molecule has 0 atom stereocenters. The predicted molar refractivity (Wildman–Crippen MR) is 91.5 cm³/mol. The second-order valence-electron chi connectivity index (χ2n) is 6.54. The molecule has 0 spiro atoms. The first-order valence-corrected chi connectivity index (χ1v) is 8.37. The number of carbonyl (C=O) groups excluding carboxylic acids is 1. The molecule has 1 aromatic carbocycles. The lowest BCUT2D eigenvalue weighted by Crippen LogP contribution is -2.39. The van der Waals surface area contributed by atoms with E-state index in [-0.39, 0.29) is 5.91 Å². The molecular weight excluding hydrogens is 300 g/mol. The highest BCUT2D eigenvalue weighted by Crippen LogP contribution is 2.21. The van der Waals surface area contributed by atoms with Crippen LogP contribution in [0.4, 0.5) is 0 Å². The Morgan fingerprint density at radius 2 is 2.04 bits per heavy atom. The molecule has 2 heterocycles. The number of aryl methyl sites for hydroxylation is 2. The van der Waals surface area contributed by atoms with Gasteiger partial charge < -0.3 is 4.90 Å². The molecule has 1 aliphatic heterocycles. The van der Waals surface area contributed by atoms with Gasteiger partial charge in [0.05, 0.1) is 17.3 Å². The average Bonchev–Trinajstić information content (AvgIpc) is 2.92. The van der Waals surface area contributed by atoms with Crippen molar-refractivity contribution in [3.63, 3.8) is 0 Å². The Hall–Kier alpha value is -2.61. The van der Waals surface area contributed by atoms with Gasteiger partial charge in [-0.1, -0.05) is 6.07 Å². The summed E-state index contributed by atoms with van der Waals surface area (Å²) in [6, 6.07) is 11.1. The molecule has 1 fully saturated rings. The molecule has 0 bridgehead atoms. The molecule has 5 nitrogen and oxygen atoms in total. The van der Waals surface area contributed by atoms with E-state index in [1.54, 1.807) is 24.3 Å². The first-order valence-electron chi connectivity index (χ1n) is 8.37. The summed E-state index contributed by atoms with van der Waals surface area (Å²) in [5.41, 5.74) is 3.38. The Bertz CT molecular complexity index is 779. The summed E-state index contributed by atoms with van der Waals surface area (Å²) in [5, 5.41) is 13.5. The number of nitrogens with zero attached hydrogens (tertiary/aromatic N) is 4. The van der Waals surface area contributed by atoms with Crippen molar-refractivity contribution < 1.29 is 4.79 Å². The zero-order valence-corrected chi connectivity index (χ0v) is 14.2. The normalized spacial score (nSPS) is 15.3. The molecule has 0 unspecified atom stereocenters. The van der Waals surface area contributed by atoms with Crippen LogP contribution in [0.15, 0.2) is 30.3 Å². The van der Waals surface area contributed by atoms with Gasteiger partial charge in [0.2, 0.25) is 0 Å². The number of aromatic nitrogens is 2. The molecule has 124 valence electrons. The number of hydrogen-bond donors (Lipinski definition) is 0. The molecule has 2 aromatic rings. The van der Waals surface area contributed by atoms with E-state index in [1.165, 1.54) is 5.69 Å². The number of piperidine rings is 1. The van der Waals surface area contributed by atoms with Crippen molar-refractivity contribution in [2.24, 2.45) is 5.92 Å². The van der Waals surface area contributed by atoms with E-state index < -0.39 is 0 Å². The number of amides is 1. The van der Waals surface area contributed by atoms with Crippen LogP contribution in [0.2, 0.25) is 0 Å². The summed E-state index contributed by atoms with van der Waals surface area (Å²) in [4.78, 5) is 14.5. The third kappa shape index (κ3) is 3.48. The van der Waals surface area contributed by atoms with Crippen LogP contribution >= 0.6 is 0 Å². The summed E-state index contributed by atoms with van der Waals surface area (Å²) in [6.45, 7) is 6.55. The standard InChI is InChI=1S/C19H22N4O/c1-14-10-15(2)23(21-14)13-16-6-8-22(9-7-16)19(24)18-5-3-4-17(11-18)12-20/h3-5,10-11,16H,6-9,13H2,1-2H3. The highest BCUT2D eigenvalue weighted by atomic mass is 16.2. The van der Waals surface area contributed by atoms with E-state index in [9.17, 15) is 4.79 Å². The van der Waals surface area contributed by atoms with Crippen molar-refractivity contribution in [1.82, 2.24) is 14.7 Å². The predicted octanol–water partition coefficient (Wildman–Crippen LogP) is 2.92. The highest BCUT2D eigenvalue weighted by molar-refractivity contribution is 5.94. The van der Waals surface area contributed by atoms with Gasteiger partial charge >= 0.3 is 0 Å². The Morgan fingerprint density at radius 1 is 1.29 bits per heavy atom. The van der Waals surface area contributed by atoms with Crippen LogP contribution in [-0.2, 0) is 6.54 Å². The monoisotopic (exact) mass is 322 g/mol. The van der Waals surface area contributed by atoms with E-state index in [1.807, 2.05) is 11.8 Å². The maximum Gasteiger partial charge on any atom is 0.253 e. The van der Waals surface area contributed by atoms with Gasteiger partial charge in [-0.05, 0) is 56.9 Å². The number of carbonyl (C=O) groups is 1. The number of likely N-dealkylation sites (tertiary alicyclic amines) is 1. The Morgan fingerprint density at radius 3 is 2.67 bits per heavy atom. The topological polar surface area (TPSA) is 61.9 Å². The molecule has 0 aliphatic carbocycles. The van der Waals surface area contributed by atoms with Crippen molar-refractivity contribution >= 4 is 5.91 Å². The quantitative estimate of drug-likeness (QED) is 0.873. The van der Waals surface area contributed by atoms with Crippen LogP contribution in [0.5, 0.6) is 0 Å². The molecule has 1 saturated heterocycles. The van der Waals surface area contributed by atoms with Gasteiger partial charge in [0, 0.05) is 30.9 Å². The lowest BCUT2D eigenvalue weighted by atomic mass is 9.96. The molecular formula is C19H22N4O. The van der Waals surface area contributed by atoms with Gasteiger partial charge in [0.1, 0.15) is 0 Å². The largest absolute Gasteiger partial charge is 0.339 e. The zero-order chi connectivity index (χ0) is 17.1. The summed E-state index contributed by atoms with van der Waals surface area (Å²) < 4.78 is 2.08. The van der Waals surface area contributed by atoms with E-state index in [0.717, 1.165) is 38.2 Å². The van der Waals surface area contributed by atoms with Crippen LogP contribution in [0.3, 0.4) is 0 Å². The second-order valence-corrected chi connectivity index (χ2v) is 6.54. The van der Waals surface area contributed by atoms with Crippen molar-refractivity contribution in [2.75, 3.05) is 13.1 Å². The fraction of sp³-hybridized carbons (Fsp3) is 0.421. The van der Waals surface area contributed by atoms with Crippen LogP contribution in [-0.4, -0.2) is 33.7 Å². The van der Waals surface area contributed by atoms with Crippen LogP contribution in [0.1, 0.15) is 40.2 Å². The van der Waals surface area contributed by atoms with Crippen molar-refractivity contribution in [2.45, 2.75) is 33.2 Å². The number of hydrogen-bond acceptors (Lipinski definition) is 3. The van der Waals surface area contributed by atoms with E-state index >= 15 is 0 Å². The lowest BCUT2D eigenvalue weighted by molar-refractivity contribution is 0.0681. The average molecular weight is 322 g/mol. The zero-order valence-electron chi connectivity index (χ0n) is 14.2. The SMILES string of the molecule is Cc1cc(C)n(CC2CCN(C(=O)c3cccc(C#N)c3)CC2)n1. The van der Waals surface area contributed by atoms with Gasteiger partial charge in [0.15, 0.2) is 0 Å². The summed E-state index contributed by atoms with van der Waals surface area (Å²) in [7, 11) is 0. The maximum atomic E-state index is 12.6. The minimum absolute atomic E-state index is 0.0247. The van der Waals surface area contributed by atoms with E-state index in [0.29, 0.717) is 17.0 Å². The molecule has 0 radical (unpaired) electrons. The van der Waals surface area contributed by atoms with Crippen molar-refractivity contribution in [3.8, 4) is 6.07 Å². The fourth-order valence-electron chi connectivity index (χ4n) is 3.33. The maximum absolute atomic E-state index is 12.6. The van der Waals surface area contributed by atoms with E-state index in [2.05, 4.69) is 28.8 Å². The van der Waals surface area contributed by atoms with Crippen LogP contribution < -0.4 is 0 Å². The van der Waals surface area contributed by atoms with Gasteiger partial charge in [0.25, 0.3) is 5.91 Å². The summed E-state index contributed by atoms with van der Waals surface area (Å²) >= 11 is 0. The van der Waals surface area contributed by atoms with E-state index in [4.69, 9.17) is 5.26 Å². The molecule has 1 aromatic heterocycles.